The summed E-state index contributed by atoms with van der Waals surface area (Å²) in [6, 6.07) is -1.02. The number of ether oxygens (including phenoxy) is 1. The van der Waals surface area contributed by atoms with E-state index in [1.165, 1.54) is 18.4 Å². The van der Waals surface area contributed by atoms with E-state index in [0.29, 0.717) is 5.69 Å². The number of aliphatic hydroxyl groups is 1. The Labute approximate surface area is 103 Å². The third kappa shape index (κ3) is 4.12. The lowest BCUT2D eigenvalue weighted by Gasteiger charge is -2.13. The maximum absolute atomic E-state index is 11.5. The molecule has 1 aromatic heterocycles. The molecule has 0 aliphatic rings. The maximum Gasteiger partial charge on any atom is 0.330 e. The van der Waals surface area contributed by atoms with Crippen LogP contribution in [0.3, 0.4) is 0 Å². The van der Waals surface area contributed by atoms with Crippen molar-refractivity contribution >= 4 is 23.2 Å². The number of rotatable bonds is 5. The maximum atomic E-state index is 11.5. The first-order valence-corrected chi connectivity index (χ1v) is 5.83. The summed E-state index contributed by atoms with van der Waals surface area (Å²) in [5.74, 6) is -1.05. The molecule has 0 aromatic carbocycles. The van der Waals surface area contributed by atoms with Gasteiger partial charge in [-0.25, -0.2) is 9.78 Å². The van der Waals surface area contributed by atoms with Crippen molar-refractivity contribution in [3.63, 3.8) is 0 Å². The Hall–Kier alpha value is -1.47. The van der Waals surface area contributed by atoms with E-state index in [2.05, 4.69) is 15.0 Å². The first kappa shape index (κ1) is 13.6. The van der Waals surface area contributed by atoms with E-state index >= 15 is 0 Å². The lowest BCUT2D eigenvalue weighted by Crippen LogP contribution is -2.44. The van der Waals surface area contributed by atoms with Gasteiger partial charge in [0.05, 0.1) is 30.8 Å². The number of aryl methyl sites for hydroxylation is 1. The summed E-state index contributed by atoms with van der Waals surface area (Å²) in [5, 5.41) is 13.9. The first-order chi connectivity index (χ1) is 8.06. The van der Waals surface area contributed by atoms with Gasteiger partial charge in [0.2, 0.25) is 5.91 Å². The number of hydrogen-bond acceptors (Lipinski definition) is 6. The van der Waals surface area contributed by atoms with Crippen molar-refractivity contribution in [2.45, 2.75) is 19.4 Å². The van der Waals surface area contributed by atoms with Gasteiger partial charge in [0.25, 0.3) is 0 Å². The molecule has 1 unspecified atom stereocenters. The van der Waals surface area contributed by atoms with E-state index in [1.807, 2.05) is 6.92 Å². The zero-order valence-corrected chi connectivity index (χ0v) is 10.4. The van der Waals surface area contributed by atoms with Crippen LogP contribution in [0.25, 0.3) is 0 Å². The Morgan fingerprint density at radius 1 is 1.65 bits per heavy atom. The van der Waals surface area contributed by atoms with E-state index < -0.39 is 18.6 Å². The Balaban J connectivity index is 2.51. The second-order valence-electron chi connectivity index (χ2n) is 3.36. The monoisotopic (exact) mass is 258 g/mol. The Bertz CT molecular complexity index is 405. The minimum atomic E-state index is -1.02. The second-order valence-corrected chi connectivity index (χ2v) is 4.42. The summed E-state index contributed by atoms with van der Waals surface area (Å²) in [6.07, 6.45) is 0.0812. The van der Waals surface area contributed by atoms with Gasteiger partial charge in [0.15, 0.2) is 6.04 Å². The lowest BCUT2D eigenvalue weighted by molar-refractivity contribution is -0.146. The average molecular weight is 258 g/mol. The summed E-state index contributed by atoms with van der Waals surface area (Å²) in [6.45, 7) is 1.35. The third-order valence-electron chi connectivity index (χ3n) is 2.01. The molecule has 7 heteroatoms. The molecule has 1 amide bonds. The first-order valence-electron chi connectivity index (χ1n) is 4.96. The molecule has 1 heterocycles. The summed E-state index contributed by atoms with van der Waals surface area (Å²) >= 11 is 1.45. The number of aromatic nitrogens is 1. The number of methoxy groups -OCH3 is 1. The number of nitrogens with one attached hydrogen (secondary N) is 1. The highest BCUT2D eigenvalue weighted by atomic mass is 32.1. The highest BCUT2D eigenvalue weighted by molar-refractivity contribution is 7.09. The Morgan fingerprint density at radius 3 is 2.82 bits per heavy atom. The van der Waals surface area contributed by atoms with Crippen molar-refractivity contribution in [3.8, 4) is 0 Å². The number of carbonyl (C=O) groups is 2. The minimum Gasteiger partial charge on any atom is -0.467 e. The zero-order chi connectivity index (χ0) is 12.8. The molecule has 0 fully saturated rings. The fourth-order valence-electron chi connectivity index (χ4n) is 1.22. The molecule has 1 rings (SSSR count). The normalized spacial score (nSPS) is 11.9. The molecule has 2 N–H and O–H groups in total. The average Bonchev–Trinajstić information content (AvgIpc) is 2.70. The van der Waals surface area contributed by atoms with E-state index in [1.54, 1.807) is 5.38 Å². The smallest absolute Gasteiger partial charge is 0.330 e. The molecule has 0 saturated carbocycles. The number of aliphatic hydroxyl groups excluding tert-OH is 1. The highest BCUT2D eigenvalue weighted by Crippen LogP contribution is 2.08. The predicted molar refractivity (Wildman–Crippen MR) is 61.6 cm³/mol. The second kappa shape index (κ2) is 6.31. The molecule has 1 atom stereocenters. The van der Waals surface area contributed by atoms with Gasteiger partial charge in [-0.05, 0) is 6.92 Å². The fraction of sp³-hybridized carbons (Fsp3) is 0.500. The van der Waals surface area contributed by atoms with Crippen molar-refractivity contribution in [3.05, 3.63) is 16.1 Å². The molecule has 6 nitrogen and oxygen atoms in total. The fourth-order valence-corrected chi connectivity index (χ4v) is 1.83. The van der Waals surface area contributed by atoms with Gasteiger partial charge in [-0.3, -0.25) is 4.79 Å². The number of esters is 1. The molecule has 0 radical (unpaired) electrons. The van der Waals surface area contributed by atoms with Gasteiger partial charge < -0.3 is 15.2 Å². The van der Waals surface area contributed by atoms with E-state index in [-0.39, 0.29) is 12.3 Å². The van der Waals surface area contributed by atoms with Gasteiger partial charge >= 0.3 is 5.97 Å². The molecule has 94 valence electrons. The molecule has 0 aliphatic heterocycles. The highest BCUT2D eigenvalue weighted by Gasteiger charge is 2.20. The molecule has 0 aliphatic carbocycles. The summed E-state index contributed by atoms with van der Waals surface area (Å²) in [7, 11) is 1.20. The SMILES string of the molecule is COC(=O)C(CO)NC(=O)Cc1csc(C)n1. The van der Waals surface area contributed by atoms with Crippen molar-refractivity contribution in [1.82, 2.24) is 10.3 Å². The topological polar surface area (TPSA) is 88.5 Å². The summed E-state index contributed by atoms with van der Waals surface area (Å²) in [5.41, 5.74) is 0.645. The van der Waals surface area contributed by atoms with Crippen molar-refractivity contribution in [1.29, 1.82) is 0 Å². The van der Waals surface area contributed by atoms with Gasteiger partial charge in [-0.2, -0.15) is 0 Å². The number of hydrogen-bond donors (Lipinski definition) is 2. The van der Waals surface area contributed by atoms with Crippen molar-refractivity contribution < 1.29 is 19.4 Å². The van der Waals surface area contributed by atoms with Crippen LogP contribution in [0.15, 0.2) is 5.38 Å². The molecule has 0 bridgehead atoms. The van der Waals surface area contributed by atoms with Gasteiger partial charge in [-0.15, -0.1) is 11.3 Å². The summed E-state index contributed by atoms with van der Waals surface area (Å²) in [4.78, 5) is 26.8. The largest absolute Gasteiger partial charge is 0.467 e. The molecular weight excluding hydrogens is 244 g/mol. The number of amides is 1. The minimum absolute atomic E-state index is 0.0812. The molecule has 0 spiro atoms. The van der Waals surface area contributed by atoms with E-state index in [4.69, 9.17) is 5.11 Å². The third-order valence-corrected chi connectivity index (χ3v) is 2.83. The quantitative estimate of drug-likeness (QED) is 0.704. The Morgan fingerprint density at radius 2 is 2.35 bits per heavy atom. The zero-order valence-electron chi connectivity index (χ0n) is 9.60. The van der Waals surface area contributed by atoms with Crippen LogP contribution in [0, 0.1) is 6.92 Å². The van der Waals surface area contributed by atoms with Crippen LogP contribution in [0.1, 0.15) is 10.7 Å². The van der Waals surface area contributed by atoms with Crippen LogP contribution in [-0.4, -0.2) is 41.7 Å². The summed E-state index contributed by atoms with van der Waals surface area (Å²) < 4.78 is 4.43. The van der Waals surface area contributed by atoms with Crippen LogP contribution in [0.5, 0.6) is 0 Å². The molecule has 0 saturated heterocycles. The van der Waals surface area contributed by atoms with E-state index in [9.17, 15) is 9.59 Å². The van der Waals surface area contributed by atoms with Gasteiger partial charge in [-0.1, -0.05) is 0 Å². The van der Waals surface area contributed by atoms with Crippen LogP contribution >= 0.6 is 11.3 Å². The van der Waals surface area contributed by atoms with Crippen LogP contribution in [0.4, 0.5) is 0 Å². The molecule has 1 aromatic rings. The Kier molecular flexibility index (Phi) is 5.05. The number of nitrogens with zero attached hydrogens (tertiary/aromatic N) is 1. The predicted octanol–water partition coefficient (Wildman–Crippen LogP) is -0.356. The van der Waals surface area contributed by atoms with Crippen LogP contribution in [-0.2, 0) is 20.7 Å². The van der Waals surface area contributed by atoms with Gasteiger partial charge in [0, 0.05) is 5.38 Å². The number of carbonyl (C=O) groups excluding carboxylic acids is 2. The van der Waals surface area contributed by atoms with Crippen molar-refractivity contribution in [2.75, 3.05) is 13.7 Å². The van der Waals surface area contributed by atoms with Gasteiger partial charge in [0.1, 0.15) is 0 Å². The van der Waals surface area contributed by atoms with Crippen molar-refractivity contribution in [2.24, 2.45) is 0 Å². The lowest BCUT2D eigenvalue weighted by atomic mass is 10.2. The number of thiazole rings is 1. The van der Waals surface area contributed by atoms with E-state index in [0.717, 1.165) is 5.01 Å². The van der Waals surface area contributed by atoms with Crippen LogP contribution < -0.4 is 5.32 Å². The molecule has 17 heavy (non-hydrogen) atoms. The van der Waals surface area contributed by atoms with Crippen LogP contribution in [0.2, 0.25) is 0 Å². The standard InChI is InChI=1S/C10H14N2O4S/c1-6-11-7(5-17-6)3-9(14)12-8(4-13)10(15)16-2/h5,8,13H,3-4H2,1-2H3,(H,12,14). The molecular formula is C10H14N2O4S.